The van der Waals surface area contributed by atoms with Gasteiger partial charge in [-0.2, -0.15) is 0 Å². The van der Waals surface area contributed by atoms with E-state index in [0.717, 1.165) is 11.1 Å². The molecule has 1 atom stereocenters. The third kappa shape index (κ3) is 3.01. The van der Waals surface area contributed by atoms with Crippen LogP contribution in [0.15, 0.2) is 48.0 Å². The number of amides is 3. The molecule has 0 bridgehead atoms. The van der Waals surface area contributed by atoms with Gasteiger partial charge in [-0.3, -0.25) is 4.79 Å². The number of nitrogens with one attached hydrogen (secondary N) is 2. The molecular weight excluding hydrogens is 357 g/mol. The van der Waals surface area contributed by atoms with Crippen LogP contribution >= 0.6 is 0 Å². The van der Waals surface area contributed by atoms with Gasteiger partial charge in [-0.25, -0.2) is 4.79 Å². The van der Waals surface area contributed by atoms with Crippen LogP contribution in [0, 0.1) is 0 Å². The zero-order valence-corrected chi connectivity index (χ0v) is 15.0. The maximum absolute atomic E-state index is 12.4. The lowest BCUT2D eigenvalue weighted by Gasteiger charge is -2.30. The second-order valence-corrected chi connectivity index (χ2v) is 6.72. The summed E-state index contributed by atoms with van der Waals surface area (Å²) in [6.07, 6.45) is 0.481. The number of nitrogens with zero attached hydrogens (tertiary/aromatic N) is 1. The standard InChI is InChI=1S/C20H18BN3O4/c21-14-9-11(5-6-16(14)26)18-13-7-8-24(17(27)10-25)15-4-2-1-3-12(15)19(13)23-20(28)22-18/h1-6,9,18,25-26H,7-8,10H2,(H2,22,23,28). The molecular formula is C20H18BN3O4. The Morgan fingerprint density at radius 1 is 1.25 bits per heavy atom. The molecule has 2 aromatic carbocycles. The lowest BCUT2D eigenvalue weighted by Crippen LogP contribution is -2.43. The predicted molar refractivity (Wildman–Crippen MR) is 105 cm³/mol. The highest BCUT2D eigenvalue weighted by atomic mass is 16.3. The molecule has 1 unspecified atom stereocenters. The Morgan fingerprint density at radius 3 is 2.79 bits per heavy atom. The van der Waals surface area contributed by atoms with Crippen LogP contribution in [0.3, 0.4) is 0 Å². The summed E-state index contributed by atoms with van der Waals surface area (Å²) in [6.45, 7) is -0.238. The summed E-state index contributed by atoms with van der Waals surface area (Å²) in [5.74, 6) is -0.429. The number of phenols is 1. The number of phenolic OH excluding ortho intramolecular Hbond substituents is 1. The van der Waals surface area contributed by atoms with Crippen molar-refractivity contribution in [3.8, 4) is 5.75 Å². The second kappa shape index (κ2) is 7.05. The Labute approximate surface area is 163 Å². The van der Waals surface area contributed by atoms with Crippen molar-refractivity contribution in [1.82, 2.24) is 10.6 Å². The molecule has 2 heterocycles. The van der Waals surface area contributed by atoms with Crippen LogP contribution in [-0.2, 0) is 4.79 Å². The predicted octanol–water partition coefficient (Wildman–Crippen LogP) is 0.680. The fraction of sp³-hybridized carbons (Fsp3) is 0.200. The van der Waals surface area contributed by atoms with Gasteiger partial charge in [0.05, 0.1) is 17.4 Å². The maximum Gasteiger partial charge on any atom is 0.320 e. The molecule has 0 aliphatic carbocycles. The molecule has 0 aromatic heterocycles. The molecule has 8 heteroatoms. The van der Waals surface area contributed by atoms with Crippen molar-refractivity contribution < 1.29 is 19.8 Å². The third-order valence-corrected chi connectivity index (χ3v) is 5.07. The van der Waals surface area contributed by atoms with Gasteiger partial charge in [0.2, 0.25) is 0 Å². The van der Waals surface area contributed by atoms with Crippen molar-refractivity contribution in [2.24, 2.45) is 0 Å². The molecule has 7 nitrogen and oxygen atoms in total. The van der Waals surface area contributed by atoms with Gasteiger partial charge in [0.1, 0.15) is 20.2 Å². The third-order valence-electron chi connectivity index (χ3n) is 5.07. The first kappa shape index (κ1) is 18.1. The number of rotatable bonds is 2. The number of fused-ring (bicyclic) bond motifs is 2. The molecule has 4 N–H and O–H groups in total. The van der Waals surface area contributed by atoms with Crippen LogP contribution in [0.2, 0.25) is 0 Å². The van der Waals surface area contributed by atoms with Gasteiger partial charge >= 0.3 is 6.03 Å². The van der Waals surface area contributed by atoms with Gasteiger partial charge < -0.3 is 25.7 Å². The molecule has 0 saturated heterocycles. The smallest absolute Gasteiger partial charge is 0.320 e. The molecule has 2 aliphatic rings. The first-order chi connectivity index (χ1) is 13.5. The Hall–Kier alpha value is -3.26. The normalized spacial score (nSPS) is 18.5. The van der Waals surface area contributed by atoms with Gasteiger partial charge in [0.15, 0.2) is 0 Å². The van der Waals surface area contributed by atoms with E-state index in [1.807, 2.05) is 18.2 Å². The summed E-state index contributed by atoms with van der Waals surface area (Å²) < 4.78 is 0. The Morgan fingerprint density at radius 2 is 2.04 bits per heavy atom. The van der Waals surface area contributed by atoms with Crippen LogP contribution in [0.1, 0.15) is 23.6 Å². The average Bonchev–Trinajstić information content (AvgIpc) is 2.86. The lowest BCUT2D eigenvalue weighted by molar-refractivity contribution is -0.121. The van der Waals surface area contributed by atoms with E-state index < -0.39 is 18.6 Å². The summed E-state index contributed by atoms with van der Waals surface area (Å²) in [5.41, 5.74) is 3.84. The highest BCUT2D eigenvalue weighted by Gasteiger charge is 2.34. The molecule has 0 saturated carbocycles. The minimum Gasteiger partial charge on any atom is -0.509 e. The number of carbonyl (C=O) groups is 2. The summed E-state index contributed by atoms with van der Waals surface area (Å²) in [4.78, 5) is 26.2. The second-order valence-electron chi connectivity index (χ2n) is 6.72. The zero-order chi connectivity index (χ0) is 19.8. The first-order valence-corrected chi connectivity index (χ1v) is 8.89. The topological polar surface area (TPSA) is 102 Å². The molecule has 2 aromatic rings. The number of urea groups is 1. The van der Waals surface area contributed by atoms with Crippen molar-refractivity contribution in [3.63, 3.8) is 0 Å². The number of benzene rings is 2. The number of para-hydroxylation sites is 1. The summed E-state index contributed by atoms with van der Waals surface area (Å²) >= 11 is 0. The monoisotopic (exact) mass is 375 g/mol. The van der Waals surface area contributed by atoms with Gasteiger partial charge in [-0.05, 0) is 29.7 Å². The Kier molecular flexibility index (Phi) is 4.56. The Balaban J connectivity index is 1.86. The van der Waals surface area contributed by atoms with Gasteiger partial charge in [0.25, 0.3) is 5.91 Å². The molecule has 2 radical (unpaired) electrons. The van der Waals surface area contributed by atoms with E-state index in [-0.39, 0.29) is 17.2 Å². The van der Waals surface area contributed by atoms with E-state index in [2.05, 4.69) is 10.6 Å². The van der Waals surface area contributed by atoms with Crippen LogP contribution in [0.25, 0.3) is 5.70 Å². The number of aliphatic hydroxyl groups is 1. The van der Waals surface area contributed by atoms with E-state index in [9.17, 15) is 19.8 Å². The molecule has 140 valence electrons. The SMILES string of the molecule is [B]c1cc(C2NC(=O)NC3=C2CCN(C(=O)CO)c2ccccc23)ccc1O. The number of aliphatic hydroxyl groups excluding tert-OH is 1. The maximum atomic E-state index is 12.4. The van der Waals surface area contributed by atoms with Gasteiger partial charge in [-0.1, -0.05) is 35.8 Å². The fourth-order valence-electron chi connectivity index (χ4n) is 3.76. The van der Waals surface area contributed by atoms with Crippen LogP contribution < -0.4 is 21.0 Å². The first-order valence-electron chi connectivity index (χ1n) is 8.89. The van der Waals surface area contributed by atoms with Crippen molar-refractivity contribution in [1.29, 1.82) is 0 Å². The lowest BCUT2D eigenvalue weighted by atomic mass is 9.86. The molecule has 28 heavy (non-hydrogen) atoms. The number of anilines is 1. The highest BCUT2D eigenvalue weighted by molar-refractivity contribution is 6.34. The van der Waals surface area contributed by atoms with Crippen molar-refractivity contribution >= 4 is 36.6 Å². The molecule has 4 rings (SSSR count). The van der Waals surface area contributed by atoms with Crippen LogP contribution in [0.5, 0.6) is 5.75 Å². The summed E-state index contributed by atoms with van der Waals surface area (Å²) in [5, 5.41) is 24.9. The minimum atomic E-state index is -0.596. The van der Waals surface area contributed by atoms with Crippen LogP contribution in [0.4, 0.5) is 10.5 Å². The minimum absolute atomic E-state index is 0.0239. The van der Waals surface area contributed by atoms with E-state index in [0.29, 0.717) is 29.9 Å². The fourth-order valence-corrected chi connectivity index (χ4v) is 3.76. The zero-order valence-electron chi connectivity index (χ0n) is 15.0. The highest BCUT2D eigenvalue weighted by Crippen LogP contribution is 2.39. The van der Waals surface area contributed by atoms with Crippen molar-refractivity contribution in [2.45, 2.75) is 12.5 Å². The van der Waals surface area contributed by atoms with E-state index in [1.54, 1.807) is 18.2 Å². The number of hydrogen-bond acceptors (Lipinski definition) is 4. The van der Waals surface area contributed by atoms with E-state index in [1.165, 1.54) is 11.0 Å². The average molecular weight is 375 g/mol. The molecule has 2 aliphatic heterocycles. The summed E-state index contributed by atoms with van der Waals surface area (Å²) in [6, 6.07) is 11.3. The molecule has 3 amide bonds. The molecule has 0 fully saturated rings. The number of hydrogen-bond donors (Lipinski definition) is 4. The molecule has 0 spiro atoms. The van der Waals surface area contributed by atoms with E-state index >= 15 is 0 Å². The Bertz CT molecular complexity index is 1000. The van der Waals surface area contributed by atoms with Crippen molar-refractivity contribution in [2.75, 3.05) is 18.1 Å². The van der Waals surface area contributed by atoms with E-state index in [4.69, 9.17) is 7.85 Å². The quantitative estimate of drug-likeness (QED) is 0.580. The number of carbonyl (C=O) groups excluding carboxylic acids is 2. The van der Waals surface area contributed by atoms with Crippen molar-refractivity contribution in [3.05, 3.63) is 59.2 Å². The van der Waals surface area contributed by atoms with Gasteiger partial charge in [-0.15, -0.1) is 0 Å². The largest absolute Gasteiger partial charge is 0.509 e. The van der Waals surface area contributed by atoms with Crippen LogP contribution in [-0.4, -0.2) is 43.1 Å². The summed E-state index contributed by atoms with van der Waals surface area (Å²) in [7, 11) is 5.84. The van der Waals surface area contributed by atoms with Gasteiger partial charge in [0, 0.05) is 12.1 Å². The number of aromatic hydroxyl groups is 1.